The summed E-state index contributed by atoms with van der Waals surface area (Å²) in [6, 6.07) is 7.54. The molecule has 4 rings (SSSR count). The lowest BCUT2D eigenvalue weighted by Gasteiger charge is -2.37. The molecule has 10 nitrogen and oxygen atoms in total. The Morgan fingerprint density at radius 1 is 1.16 bits per heavy atom. The van der Waals surface area contributed by atoms with Crippen molar-refractivity contribution >= 4 is 22.4 Å². The van der Waals surface area contributed by atoms with Crippen LogP contribution in [-0.4, -0.2) is 43.5 Å². The van der Waals surface area contributed by atoms with E-state index in [-0.39, 0.29) is 28.8 Å². The van der Waals surface area contributed by atoms with Crippen molar-refractivity contribution in [2.45, 2.75) is 58.1 Å². The van der Waals surface area contributed by atoms with Crippen molar-refractivity contribution in [3.63, 3.8) is 0 Å². The lowest BCUT2D eigenvalue weighted by Crippen LogP contribution is -2.39. The number of aryl methyl sites for hydroxylation is 2. The average molecular weight is 501 g/mol. The highest BCUT2D eigenvalue weighted by Gasteiger charge is 2.32. The number of nitrogens with zero attached hydrogens (tertiary/aromatic N) is 8. The highest BCUT2D eigenvalue weighted by atomic mass is 16.6. The third kappa shape index (κ3) is 5.05. The largest absolute Gasteiger partial charge is 0.390 e. The highest BCUT2D eigenvalue weighted by molar-refractivity contribution is 6.00. The fourth-order valence-electron chi connectivity index (χ4n) is 4.94. The van der Waals surface area contributed by atoms with Gasteiger partial charge in [0, 0.05) is 33.1 Å². The molecule has 3 heterocycles. The molecule has 0 atom stereocenters. The smallest absolute Gasteiger partial charge is 0.270 e. The normalized spacial score (nSPS) is 18.3. The second-order valence-corrected chi connectivity index (χ2v) is 10.6. The summed E-state index contributed by atoms with van der Waals surface area (Å²) in [5.74, 6) is 0.182. The van der Waals surface area contributed by atoms with Crippen molar-refractivity contribution < 1.29 is 4.84 Å². The van der Waals surface area contributed by atoms with Gasteiger partial charge in [-0.05, 0) is 58.6 Å². The SMILES string of the molecule is CN(c1c(C#N)c(=O)n(C)c2ccc(C#N)nc12)C1CCC(/C(=N/OC(C)(C)C)c2cncn2C)CC1. The van der Waals surface area contributed by atoms with Crippen LogP contribution in [0.3, 0.4) is 0 Å². The fraction of sp³-hybridized carbons (Fsp3) is 0.481. The molecule has 1 fully saturated rings. The van der Waals surface area contributed by atoms with Crippen LogP contribution in [0.1, 0.15) is 63.4 Å². The summed E-state index contributed by atoms with van der Waals surface area (Å²) in [4.78, 5) is 29.6. The summed E-state index contributed by atoms with van der Waals surface area (Å²) in [6.45, 7) is 5.91. The van der Waals surface area contributed by atoms with Gasteiger partial charge in [0.2, 0.25) is 0 Å². The summed E-state index contributed by atoms with van der Waals surface area (Å²) >= 11 is 0. The van der Waals surface area contributed by atoms with E-state index in [1.807, 2.05) is 50.5 Å². The Bertz CT molecular complexity index is 1490. The number of fused-ring (bicyclic) bond motifs is 1. The van der Waals surface area contributed by atoms with E-state index in [1.54, 1.807) is 25.5 Å². The molecule has 1 aliphatic carbocycles. The maximum Gasteiger partial charge on any atom is 0.270 e. The highest BCUT2D eigenvalue weighted by Crippen LogP contribution is 2.35. The van der Waals surface area contributed by atoms with E-state index >= 15 is 0 Å². The molecule has 0 N–H and O–H groups in total. The van der Waals surface area contributed by atoms with E-state index in [9.17, 15) is 15.3 Å². The molecule has 0 bridgehead atoms. The van der Waals surface area contributed by atoms with Crippen LogP contribution in [0, 0.1) is 28.6 Å². The van der Waals surface area contributed by atoms with E-state index in [0.717, 1.165) is 37.1 Å². The summed E-state index contributed by atoms with van der Waals surface area (Å²) in [5, 5.41) is 23.9. The first-order chi connectivity index (χ1) is 17.6. The Labute approximate surface area is 216 Å². The van der Waals surface area contributed by atoms with Gasteiger partial charge in [-0.15, -0.1) is 0 Å². The first kappa shape index (κ1) is 25.9. The van der Waals surface area contributed by atoms with Gasteiger partial charge >= 0.3 is 0 Å². The molecular weight excluding hydrogens is 468 g/mol. The zero-order chi connectivity index (χ0) is 26.9. The Hall–Kier alpha value is -4.18. The monoisotopic (exact) mass is 500 g/mol. The third-order valence-electron chi connectivity index (χ3n) is 6.92. The van der Waals surface area contributed by atoms with Crippen LogP contribution in [0.4, 0.5) is 5.69 Å². The van der Waals surface area contributed by atoms with Crippen LogP contribution in [-0.2, 0) is 18.9 Å². The van der Waals surface area contributed by atoms with E-state index in [1.165, 1.54) is 4.57 Å². The van der Waals surface area contributed by atoms with Crippen molar-refractivity contribution in [3.05, 3.63) is 52.0 Å². The predicted octanol–water partition coefficient (Wildman–Crippen LogP) is 3.62. The molecule has 0 spiro atoms. The zero-order valence-electron chi connectivity index (χ0n) is 22.2. The van der Waals surface area contributed by atoms with Gasteiger partial charge in [-0.2, -0.15) is 10.5 Å². The van der Waals surface area contributed by atoms with E-state index < -0.39 is 5.60 Å². The molecule has 1 aliphatic rings. The maximum atomic E-state index is 13.0. The van der Waals surface area contributed by atoms with Crippen LogP contribution in [0.5, 0.6) is 0 Å². The van der Waals surface area contributed by atoms with Gasteiger partial charge in [-0.1, -0.05) is 5.16 Å². The molecule has 0 radical (unpaired) electrons. The molecule has 0 aliphatic heterocycles. The molecule has 10 heteroatoms. The second kappa shape index (κ2) is 10.1. The van der Waals surface area contributed by atoms with Gasteiger partial charge in [0.1, 0.15) is 40.2 Å². The summed E-state index contributed by atoms with van der Waals surface area (Å²) in [5.41, 5.74) is 2.86. The number of pyridine rings is 2. The third-order valence-corrected chi connectivity index (χ3v) is 6.92. The standard InChI is InChI=1S/C27H32N8O2/c1-27(2,3)37-32-23(22-15-30-16-33(22)4)17-7-10-19(11-8-17)34(5)25-20(14-29)26(36)35(6)21-12-9-18(13-28)31-24(21)25/h9,12,15-17,19H,7-8,10-11H2,1-6H3/b32-23-. The van der Waals surface area contributed by atoms with E-state index in [4.69, 9.17) is 4.84 Å². The molecule has 3 aromatic heterocycles. The number of rotatable bonds is 5. The molecular formula is C27H32N8O2. The Kier molecular flexibility index (Phi) is 7.04. The minimum atomic E-state index is -0.412. The van der Waals surface area contributed by atoms with Crippen molar-refractivity contribution in [1.29, 1.82) is 10.5 Å². The Morgan fingerprint density at radius 2 is 1.86 bits per heavy atom. The Balaban J connectivity index is 1.66. The number of imidazole rings is 1. The minimum Gasteiger partial charge on any atom is -0.390 e. The molecule has 0 amide bonds. The lowest BCUT2D eigenvalue weighted by atomic mass is 9.81. The van der Waals surface area contributed by atoms with Gasteiger partial charge in [0.05, 0.1) is 29.4 Å². The number of hydrogen-bond acceptors (Lipinski definition) is 8. The number of aromatic nitrogens is 4. The quantitative estimate of drug-likeness (QED) is 0.387. The van der Waals surface area contributed by atoms with Crippen molar-refractivity contribution in [2.24, 2.45) is 25.2 Å². The van der Waals surface area contributed by atoms with Gasteiger partial charge in [-0.25, -0.2) is 9.97 Å². The zero-order valence-corrected chi connectivity index (χ0v) is 22.2. The average Bonchev–Trinajstić information content (AvgIpc) is 3.30. The van der Waals surface area contributed by atoms with Gasteiger partial charge in [0.25, 0.3) is 5.56 Å². The van der Waals surface area contributed by atoms with E-state index in [0.29, 0.717) is 16.7 Å². The summed E-state index contributed by atoms with van der Waals surface area (Å²) < 4.78 is 3.37. The van der Waals surface area contributed by atoms with Gasteiger partial charge in [-0.3, -0.25) is 4.79 Å². The van der Waals surface area contributed by atoms with Crippen LogP contribution in [0.25, 0.3) is 11.0 Å². The topological polar surface area (TPSA) is 125 Å². The number of anilines is 1. The molecule has 0 saturated heterocycles. The number of nitriles is 2. The predicted molar refractivity (Wildman–Crippen MR) is 141 cm³/mol. The minimum absolute atomic E-state index is 0.0397. The number of oxime groups is 1. The summed E-state index contributed by atoms with van der Waals surface area (Å²) in [7, 11) is 5.47. The number of hydrogen-bond donors (Lipinski definition) is 0. The van der Waals surface area contributed by atoms with E-state index in [2.05, 4.69) is 27.3 Å². The lowest BCUT2D eigenvalue weighted by molar-refractivity contribution is -0.000103. The van der Waals surface area contributed by atoms with Crippen molar-refractivity contribution in [1.82, 2.24) is 19.1 Å². The van der Waals surface area contributed by atoms with Crippen LogP contribution < -0.4 is 10.5 Å². The van der Waals surface area contributed by atoms with Gasteiger partial charge in [0.15, 0.2) is 0 Å². The molecule has 37 heavy (non-hydrogen) atoms. The first-order valence-electron chi connectivity index (χ1n) is 12.3. The Morgan fingerprint density at radius 3 is 2.43 bits per heavy atom. The molecule has 1 saturated carbocycles. The molecule has 3 aromatic rings. The molecule has 0 unspecified atom stereocenters. The fourth-order valence-corrected chi connectivity index (χ4v) is 4.94. The van der Waals surface area contributed by atoms with Crippen molar-refractivity contribution in [2.75, 3.05) is 11.9 Å². The van der Waals surface area contributed by atoms with Crippen molar-refractivity contribution in [3.8, 4) is 12.1 Å². The van der Waals surface area contributed by atoms with Gasteiger partial charge < -0.3 is 18.9 Å². The van der Waals surface area contributed by atoms with Crippen LogP contribution in [0.15, 0.2) is 34.6 Å². The first-order valence-corrected chi connectivity index (χ1v) is 12.3. The summed E-state index contributed by atoms with van der Waals surface area (Å²) in [6.07, 6.45) is 6.93. The second-order valence-electron chi connectivity index (χ2n) is 10.6. The van der Waals surface area contributed by atoms with Crippen LogP contribution in [0.2, 0.25) is 0 Å². The van der Waals surface area contributed by atoms with Crippen LogP contribution >= 0.6 is 0 Å². The molecule has 192 valence electrons. The molecule has 0 aromatic carbocycles. The maximum absolute atomic E-state index is 13.0.